The predicted molar refractivity (Wildman–Crippen MR) is 86.7 cm³/mol. The van der Waals surface area contributed by atoms with Crippen molar-refractivity contribution in [2.45, 2.75) is 57.5 Å². The summed E-state index contributed by atoms with van der Waals surface area (Å²) >= 11 is 0. The Hall–Kier alpha value is -0.650. The number of hydrogen-bond donors (Lipinski definition) is 2. The van der Waals surface area contributed by atoms with E-state index in [2.05, 4.69) is 29.2 Å². The van der Waals surface area contributed by atoms with Crippen molar-refractivity contribution in [2.75, 3.05) is 40.3 Å². The molecule has 0 spiro atoms. The summed E-state index contributed by atoms with van der Waals surface area (Å²) in [5, 5.41) is 12.7. The van der Waals surface area contributed by atoms with Gasteiger partial charge in [0.2, 0.25) is 0 Å². The Labute approximate surface area is 129 Å². The van der Waals surface area contributed by atoms with Crippen LogP contribution >= 0.6 is 0 Å². The molecule has 1 aliphatic rings. The van der Waals surface area contributed by atoms with Gasteiger partial charge in [-0.3, -0.25) is 4.79 Å². The third-order valence-corrected chi connectivity index (χ3v) is 4.95. The molecule has 5 heteroatoms. The third kappa shape index (κ3) is 5.24. The molecule has 0 aromatic heterocycles. The van der Waals surface area contributed by atoms with Crippen LogP contribution in [0.3, 0.4) is 0 Å². The molecule has 1 aliphatic heterocycles. The van der Waals surface area contributed by atoms with Gasteiger partial charge in [0.1, 0.15) is 5.54 Å². The molecule has 21 heavy (non-hydrogen) atoms. The number of likely N-dealkylation sites (tertiary alicyclic amines) is 1. The first kappa shape index (κ1) is 18.4. The molecule has 0 bridgehead atoms. The van der Waals surface area contributed by atoms with Gasteiger partial charge in [-0.25, -0.2) is 0 Å². The van der Waals surface area contributed by atoms with Crippen LogP contribution in [0.15, 0.2) is 0 Å². The molecule has 0 saturated carbocycles. The second kappa shape index (κ2) is 8.71. The number of piperidine rings is 1. The van der Waals surface area contributed by atoms with Crippen LogP contribution in [0.4, 0.5) is 0 Å². The zero-order valence-corrected chi connectivity index (χ0v) is 14.2. The van der Waals surface area contributed by atoms with Gasteiger partial charge in [-0.1, -0.05) is 13.8 Å². The maximum Gasteiger partial charge on any atom is 0.323 e. The number of hydrogen-bond acceptors (Lipinski definition) is 4. The van der Waals surface area contributed by atoms with E-state index in [1.54, 1.807) is 0 Å². The fraction of sp³-hybridized carbons (Fsp3) is 0.938. The Bertz CT molecular complexity index is 317. The topological polar surface area (TPSA) is 55.8 Å². The molecule has 0 aliphatic carbocycles. The van der Waals surface area contributed by atoms with Gasteiger partial charge >= 0.3 is 5.97 Å². The van der Waals surface area contributed by atoms with Crippen LogP contribution in [0.2, 0.25) is 0 Å². The van der Waals surface area contributed by atoms with E-state index in [1.165, 1.54) is 25.9 Å². The van der Waals surface area contributed by atoms with E-state index in [9.17, 15) is 9.90 Å². The van der Waals surface area contributed by atoms with Gasteiger partial charge in [-0.15, -0.1) is 0 Å². The third-order valence-electron chi connectivity index (χ3n) is 4.95. The second-order valence-corrected chi connectivity index (χ2v) is 6.39. The van der Waals surface area contributed by atoms with Crippen LogP contribution in [0.25, 0.3) is 0 Å². The number of aliphatic carboxylic acids is 1. The highest BCUT2D eigenvalue weighted by atomic mass is 16.4. The van der Waals surface area contributed by atoms with E-state index >= 15 is 0 Å². The highest BCUT2D eigenvalue weighted by Crippen LogP contribution is 2.20. The minimum atomic E-state index is -0.748. The fourth-order valence-corrected chi connectivity index (χ4v) is 3.31. The molecule has 1 unspecified atom stereocenters. The summed E-state index contributed by atoms with van der Waals surface area (Å²) in [5.74, 6) is -0.714. The van der Waals surface area contributed by atoms with Crippen molar-refractivity contribution in [3.05, 3.63) is 0 Å². The highest BCUT2D eigenvalue weighted by molar-refractivity contribution is 5.78. The lowest BCUT2D eigenvalue weighted by atomic mass is 9.90. The average Bonchev–Trinajstić information content (AvgIpc) is 2.46. The van der Waals surface area contributed by atoms with Gasteiger partial charge in [-0.2, -0.15) is 0 Å². The fourth-order valence-electron chi connectivity index (χ4n) is 3.31. The summed E-state index contributed by atoms with van der Waals surface area (Å²) in [6, 6.07) is 0.654. The molecule has 1 heterocycles. The molecule has 1 atom stereocenters. The number of nitrogens with zero attached hydrogens (tertiary/aromatic N) is 2. The van der Waals surface area contributed by atoms with Crippen LogP contribution in [-0.2, 0) is 4.79 Å². The SMILES string of the molecule is CCNC(CC)(CCCN(C)C1CCN(C)CC1)C(=O)O. The molecule has 1 fully saturated rings. The zero-order chi connectivity index (χ0) is 15.9. The minimum Gasteiger partial charge on any atom is -0.480 e. The highest BCUT2D eigenvalue weighted by Gasteiger charge is 2.35. The molecule has 124 valence electrons. The Balaban J connectivity index is 2.41. The molecule has 0 radical (unpaired) electrons. The van der Waals surface area contributed by atoms with Gasteiger partial charge in [0.15, 0.2) is 0 Å². The van der Waals surface area contributed by atoms with Crippen LogP contribution < -0.4 is 5.32 Å². The van der Waals surface area contributed by atoms with Crippen molar-refractivity contribution in [1.82, 2.24) is 15.1 Å². The quantitative estimate of drug-likeness (QED) is 0.678. The zero-order valence-electron chi connectivity index (χ0n) is 14.2. The summed E-state index contributed by atoms with van der Waals surface area (Å²) in [7, 11) is 4.35. The Morgan fingerprint density at radius 1 is 1.38 bits per heavy atom. The Morgan fingerprint density at radius 2 is 2.00 bits per heavy atom. The number of likely N-dealkylation sites (N-methyl/N-ethyl adjacent to an activating group) is 1. The van der Waals surface area contributed by atoms with E-state index < -0.39 is 11.5 Å². The molecule has 5 nitrogen and oxygen atoms in total. The molecule has 1 saturated heterocycles. The van der Waals surface area contributed by atoms with Crippen LogP contribution in [-0.4, -0.2) is 72.7 Å². The largest absolute Gasteiger partial charge is 0.480 e. The van der Waals surface area contributed by atoms with Gasteiger partial charge in [0, 0.05) is 6.04 Å². The van der Waals surface area contributed by atoms with Crippen molar-refractivity contribution in [1.29, 1.82) is 0 Å². The first-order chi connectivity index (χ1) is 9.95. The number of carboxylic acids is 1. The van der Waals surface area contributed by atoms with Gasteiger partial charge < -0.3 is 20.2 Å². The molecular formula is C16H33N3O2. The van der Waals surface area contributed by atoms with Crippen LogP contribution in [0.1, 0.15) is 46.0 Å². The number of carboxylic acid groups (broad SMARTS) is 1. The lowest BCUT2D eigenvalue weighted by molar-refractivity contribution is -0.145. The molecule has 1 rings (SSSR count). The van der Waals surface area contributed by atoms with Gasteiger partial charge in [0.25, 0.3) is 0 Å². The van der Waals surface area contributed by atoms with Gasteiger partial charge in [-0.05, 0) is 72.4 Å². The van der Waals surface area contributed by atoms with E-state index in [0.29, 0.717) is 25.4 Å². The summed E-state index contributed by atoms with van der Waals surface area (Å²) in [4.78, 5) is 16.4. The first-order valence-corrected chi connectivity index (χ1v) is 8.32. The normalized spacial score (nSPS) is 20.6. The first-order valence-electron chi connectivity index (χ1n) is 8.32. The minimum absolute atomic E-state index is 0.633. The van der Waals surface area contributed by atoms with E-state index in [4.69, 9.17) is 0 Å². The van der Waals surface area contributed by atoms with Crippen molar-refractivity contribution < 1.29 is 9.90 Å². The van der Waals surface area contributed by atoms with E-state index in [0.717, 1.165) is 13.0 Å². The van der Waals surface area contributed by atoms with Gasteiger partial charge in [0.05, 0.1) is 0 Å². The maximum absolute atomic E-state index is 11.6. The molecule has 2 N–H and O–H groups in total. The van der Waals surface area contributed by atoms with Crippen molar-refractivity contribution in [3.63, 3.8) is 0 Å². The van der Waals surface area contributed by atoms with Crippen molar-refractivity contribution >= 4 is 5.97 Å². The monoisotopic (exact) mass is 299 g/mol. The smallest absolute Gasteiger partial charge is 0.323 e. The van der Waals surface area contributed by atoms with E-state index in [1.807, 2.05) is 13.8 Å². The summed E-state index contributed by atoms with van der Waals surface area (Å²) in [6.45, 7) is 7.94. The lowest BCUT2D eigenvalue weighted by Crippen LogP contribution is -2.52. The van der Waals surface area contributed by atoms with E-state index in [-0.39, 0.29) is 0 Å². The number of carbonyl (C=O) groups is 1. The van der Waals surface area contributed by atoms with Crippen LogP contribution in [0, 0.1) is 0 Å². The summed E-state index contributed by atoms with van der Waals surface area (Å²) < 4.78 is 0. The summed E-state index contributed by atoms with van der Waals surface area (Å²) in [5.41, 5.74) is -0.748. The number of rotatable bonds is 9. The lowest BCUT2D eigenvalue weighted by Gasteiger charge is -2.36. The number of nitrogens with one attached hydrogen (secondary N) is 1. The molecule has 0 aromatic carbocycles. The van der Waals surface area contributed by atoms with Crippen molar-refractivity contribution in [2.24, 2.45) is 0 Å². The Kier molecular flexibility index (Phi) is 7.63. The molecule has 0 aromatic rings. The summed E-state index contributed by atoms with van der Waals surface area (Å²) in [6.07, 6.45) is 4.70. The maximum atomic E-state index is 11.6. The average molecular weight is 299 g/mol. The van der Waals surface area contributed by atoms with Crippen LogP contribution in [0.5, 0.6) is 0 Å². The predicted octanol–water partition coefficient (Wildman–Crippen LogP) is 1.64. The molecule has 0 amide bonds. The van der Waals surface area contributed by atoms with Crippen molar-refractivity contribution in [3.8, 4) is 0 Å². The Morgan fingerprint density at radius 3 is 2.48 bits per heavy atom. The second-order valence-electron chi connectivity index (χ2n) is 6.39. The molecular weight excluding hydrogens is 266 g/mol. The standard InChI is InChI=1S/C16H33N3O2/c1-5-16(15(20)21,17-6-2)10-7-11-19(4)14-8-12-18(3)13-9-14/h14,17H,5-13H2,1-4H3,(H,20,21).